The van der Waals surface area contributed by atoms with Crippen LogP contribution in [0.4, 0.5) is 5.69 Å². The van der Waals surface area contributed by atoms with E-state index in [0.29, 0.717) is 28.1 Å². The molecule has 2 heterocycles. The zero-order valence-corrected chi connectivity index (χ0v) is 16.7. The summed E-state index contributed by atoms with van der Waals surface area (Å²) in [7, 11) is 0. The van der Waals surface area contributed by atoms with Crippen LogP contribution in [0, 0.1) is 25.2 Å². The topological polar surface area (TPSA) is 78.9 Å². The van der Waals surface area contributed by atoms with Crippen LogP contribution < -0.4 is 10.7 Å². The minimum absolute atomic E-state index is 0.0335. The number of aryl methyl sites for hydroxylation is 1. The van der Waals surface area contributed by atoms with Crippen LogP contribution >= 0.6 is 11.6 Å². The lowest BCUT2D eigenvalue weighted by molar-refractivity contribution is 0.527. The SMILES string of the molecule is Cc1cc(C(C)Nc2ccc(Cl)nc2C#N)c2oc(C3CC3)c(C)c(=O)c2c1. The lowest BCUT2D eigenvalue weighted by atomic mass is 9.99. The largest absolute Gasteiger partial charge is 0.460 e. The van der Waals surface area contributed by atoms with E-state index in [9.17, 15) is 10.1 Å². The second kappa shape index (κ2) is 6.96. The van der Waals surface area contributed by atoms with Gasteiger partial charge >= 0.3 is 0 Å². The Labute approximate surface area is 168 Å². The molecule has 1 unspecified atom stereocenters. The first-order valence-corrected chi connectivity index (χ1v) is 9.68. The van der Waals surface area contributed by atoms with Gasteiger partial charge in [0.15, 0.2) is 11.1 Å². The van der Waals surface area contributed by atoms with E-state index in [0.717, 1.165) is 29.7 Å². The van der Waals surface area contributed by atoms with Gasteiger partial charge in [0, 0.05) is 17.0 Å². The van der Waals surface area contributed by atoms with Crippen LogP contribution in [0.15, 0.2) is 33.5 Å². The van der Waals surface area contributed by atoms with Crippen molar-refractivity contribution in [2.45, 2.75) is 45.6 Å². The molecule has 0 amide bonds. The molecule has 0 radical (unpaired) electrons. The number of nitriles is 1. The highest BCUT2D eigenvalue weighted by atomic mass is 35.5. The van der Waals surface area contributed by atoms with E-state index in [1.54, 1.807) is 12.1 Å². The van der Waals surface area contributed by atoms with Crippen LogP contribution in [0.25, 0.3) is 11.0 Å². The van der Waals surface area contributed by atoms with E-state index in [1.165, 1.54) is 0 Å². The van der Waals surface area contributed by atoms with Gasteiger partial charge in [0.05, 0.1) is 17.1 Å². The molecule has 1 aromatic carbocycles. The van der Waals surface area contributed by atoms with Crippen molar-refractivity contribution < 1.29 is 4.42 Å². The number of halogens is 1. The zero-order valence-electron chi connectivity index (χ0n) is 16.0. The number of aromatic nitrogens is 1. The highest BCUT2D eigenvalue weighted by molar-refractivity contribution is 6.29. The fourth-order valence-corrected chi connectivity index (χ4v) is 3.74. The molecule has 5 nitrogen and oxygen atoms in total. The lowest BCUT2D eigenvalue weighted by Crippen LogP contribution is -2.13. The van der Waals surface area contributed by atoms with Gasteiger partial charge in [0.1, 0.15) is 22.6 Å². The zero-order chi connectivity index (χ0) is 20.0. The molecule has 4 rings (SSSR count). The Hall–Kier alpha value is -2.84. The van der Waals surface area contributed by atoms with E-state index in [4.69, 9.17) is 16.0 Å². The third kappa shape index (κ3) is 3.25. The van der Waals surface area contributed by atoms with Crippen molar-refractivity contribution in [1.82, 2.24) is 4.98 Å². The van der Waals surface area contributed by atoms with Crippen molar-refractivity contribution >= 4 is 28.3 Å². The molecule has 0 aliphatic heterocycles. The van der Waals surface area contributed by atoms with Crippen LogP contribution in [0.2, 0.25) is 5.15 Å². The molecule has 1 saturated carbocycles. The van der Waals surface area contributed by atoms with Gasteiger partial charge in [0.2, 0.25) is 0 Å². The first-order valence-electron chi connectivity index (χ1n) is 9.30. The molecule has 28 heavy (non-hydrogen) atoms. The van der Waals surface area contributed by atoms with E-state index >= 15 is 0 Å². The summed E-state index contributed by atoms with van der Waals surface area (Å²) in [6.45, 7) is 5.78. The monoisotopic (exact) mass is 393 g/mol. The molecule has 6 heteroatoms. The molecule has 0 saturated heterocycles. The number of nitrogens with one attached hydrogen (secondary N) is 1. The lowest BCUT2D eigenvalue weighted by Gasteiger charge is -2.19. The number of anilines is 1. The summed E-state index contributed by atoms with van der Waals surface area (Å²) in [4.78, 5) is 17.0. The molecule has 1 aliphatic carbocycles. The van der Waals surface area contributed by atoms with Crippen LogP contribution in [0.1, 0.15) is 59.9 Å². The molecule has 1 fully saturated rings. The summed E-state index contributed by atoms with van der Waals surface area (Å²) >= 11 is 5.89. The number of rotatable bonds is 4. The summed E-state index contributed by atoms with van der Waals surface area (Å²) in [5.74, 6) is 1.15. The molecule has 142 valence electrons. The van der Waals surface area contributed by atoms with Gasteiger partial charge in [0.25, 0.3) is 0 Å². The van der Waals surface area contributed by atoms with Crippen LogP contribution in [-0.4, -0.2) is 4.98 Å². The van der Waals surface area contributed by atoms with E-state index in [-0.39, 0.29) is 22.3 Å². The molecule has 1 N–H and O–H groups in total. The van der Waals surface area contributed by atoms with Crippen molar-refractivity contribution in [1.29, 1.82) is 5.26 Å². The number of nitrogens with zero attached hydrogens (tertiary/aromatic N) is 2. The summed E-state index contributed by atoms with van der Waals surface area (Å²) < 4.78 is 6.28. The molecule has 0 spiro atoms. The highest BCUT2D eigenvalue weighted by Crippen LogP contribution is 2.42. The first-order chi connectivity index (χ1) is 13.4. The van der Waals surface area contributed by atoms with E-state index in [2.05, 4.69) is 16.4 Å². The Kier molecular flexibility index (Phi) is 4.60. The molecular weight excluding hydrogens is 374 g/mol. The Morgan fingerprint density at radius 1 is 1.32 bits per heavy atom. The average Bonchev–Trinajstić information content (AvgIpc) is 3.50. The first kappa shape index (κ1) is 18.5. The Morgan fingerprint density at radius 2 is 2.07 bits per heavy atom. The Balaban J connectivity index is 1.84. The Bertz CT molecular complexity index is 1190. The van der Waals surface area contributed by atoms with Gasteiger partial charge < -0.3 is 9.73 Å². The van der Waals surface area contributed by atoms with Crippen molar-refractivity contribution in [3.05, 3.63) is 67.8 Å². The minimum atomic E-state index is -0.199. The summed E-state index contributed by atoms with van der Waals surface area (Å²) in [6.07, 6.45) is 2.12. The maximum absolute atomic E-state index is 13.0. The molecule has 1 aliphatic rings. The number of fused-ring (bicyclic) bond motifs is 1. The third-order valence-corrected chi connectivity index (χ3v) is 5.39. The number of hydrogen-bond acceptors (Lipinski definition) is 5. The molecule has 3 aromatic rings. The minimum Gasteiger partial charge on any atom is -0.460 e. The summed E-state index contributed by atoms with van der Waals surface area (Å²) in [5, 5.41) is 13.5. The van der Waals surface area contributed by atoms with Crippen molar-refractivity contribution in [2.24, 2.45) is 0 Å². The summed E-state index contributed by atoms with van der Waals surface area (Å²) in [6, 6.07) is 9.13. The quantitative estimate of drug-likeness (QED) is 0.602. The normalized spacial score (nSPS) is 14.7. The van der Waals surface area contributed by atoms with Gasteiger partial charge in [-0.3, -0.25) is 4.79 Å². The van der Waals surface area contributed by atoms with Gasteiger partial charge in [-0.1, -0.05) is 17.7 Å². The predicted molar refractivity (Wildman–Crippen MR) is 110 cm³/mol. The Morgan fingerprint density at radius 3 is 2.75 bits per heavy atom. The average molecular weight is 394 g/mol. The highest BCUT2D eigenvalue weighted by Gasteiger charge is 2.30. The molecular formula is C22H20ClN3O2. The van der Waals surface area contributed by atoms with Crippen LogP contribution in [0.3, 0.4) is 0 Å². The second-order valence-corrected chi connectivity index (χ2v) is 7.82. The van der Waals surface area contributed by atoms with E-state index < -0.39 is 0 Å². The van der Waals surface area contributed by atoms with Crippen LogP contribution in [-0.2, 0) is 0 Å². The maximum Gasteiger partial charge on any atom is 0.195 e. The third-order valence-electron chi connectivity index (χ3n) is 5.18. The van der Waals surface area contributed by atoms with Crippen LogP contribution in [0.5, 0.6) is 0 Å². The van der Waals surface area contributed by atoms with Gasteiger partial charge in [-0.05, 0) is 57.4 Å². The number of hydrogen-bond donors (Lipinski definition) is 1. The summed E-state index contributed by atoms with van der Waals surface area (Å²) in [5.41, 5.74) is 4.04. The van der Waals surface area contributed by atoms with Crippen molar-refractivity contribution in [3.63, 3.8) is 0 Å². The number of benzene rings is 1. The van der Waals surface area contributed by atoms with Gasteiger partial charge in [-0.2, -0.15) is 5.26 Å². The van der Waals surface area contributed by atoms with Gasteiger partial charge in [-0.15, -0.1) is 0 Å². The fraction of sp³-hybridized carbons (Fsp3) is 0.318. The van der Waals surface area contributed by atoms with Gasteiger partial charge in [-0.25, -0.2) is 4.98 Å². The van der Waals surface area contributed by atoms with E-state index in [1.807, 2.05) is 32.9 Å². The molecule has 0 bridgehead atoms. The maximum atomic E-state index is 13.0. The molecule has 1 atom stereocenters. The fourth-order valence-electron chi connectivity index (χ4n) is 3.59. The second-order valence-electron chi connectivity index (χ2n) is 7.43. The molecule has 2 aromatic heterocycles. The van der Waals surface area contributed by atoms with Crippen molar-refractivity contribution in [3.8, 4) is 6.07 Å². The standard InChI is InChI=1S/C22H20ClN3O2/c1-11-8-15(13(3)25-17-6-7-19(23)26-18(17)10-24)22-16(9-11)20(27)12(2)21(28-22)14-4-5-14/h6-9,13-14,25H,4-5H2,1-3H3. The predicted octanol–water partition coefficient (Wildman–Crippen LogP) is 5.38. The van der Waals surface area contributed by atoms with Crippen molar-refractivity contribution in [2.75, 3.05) is 5.32 Å². The smallest absolute Gasteiger partial charge is 0.195 e. The number of pyridine rings is 1.